The number of aromatic amines is 1. The fraction of sp³-hybridized carbons (Fsp3) is 0.0714. The molecule has 186 valence electrons. The molecule has 0 saturated heterocycles. The molecule has 3 amide bonds. The maximum absolute atomic E-state index is 13.6. The maximum Gasteiger partial charge on any atom is 0.323 e. The Morgan fingerprint density at radius 2 is 1.73 bits per heavy atom. The second kappa shape index (κ2) is 9.90. The first kappa shape index (κ1) is 23.7. The van der Waals surface area contributed by atoms with Crippen LogP contribution >= 0.6 is 0 Å². The van der Waals surface area contributed by atoms with Crippen LogP contribution in [-0.4, -0.2) is 24.0 Å². The number of benzene rings is 3. The third-order valence-electron chi connectivity index (χ3n) is 5.91. The summed E-state index contributed by atoms with van der Waals surface area (Å²) in [7, 11) is 1.36. The number of nitrogens with one attached hydrogen (secondary N) is 5. The average molecular weight is 498 g/mol. The molecular weight excluding hydrogens is 473 g/mol. The summed E-state index contributed by atoms with van der Waals surface area (Å²) in [5.74, 6) is -0.632. The molecule has 0 saturated carbocycles. The number of fused-ring (bicyclic) bond motifs is 1. The molecule has 0 fully saturated rings. The number of aromatic nitrogens is 1. The predicted octanol–water partition coefficient (Wildman–Crippen LogP) is 6.35. The number of carbonyl (C=O) groups excluding carboxylic acids is 2. The molecule has 1 aromatic heterocycles. The number of ether oxygens (including phenoxy) is 1. The van der Waals surface area contributed by atoms with Crippen molar-refractivity contribution in [2.75, 3.05) is 28.4 Å². The minimum Gasteiger partial charge on any atom is -0.494 e. The van der Waals surface area contributed by atoms with Crippen LogP contribution in [0.1, 0.15) is 16.8 Å². The smallest absolute Gasteiger partial charge is 0.323 e. The number of amides is 3. The Morgan fingerprint density at radius 3 is 2.49 bits per heavy atom. The minimum atomic E-state index is -0.512. The quantitative estimate of drug-likeness (QED) is 0.200. The minimum absolute atomic E-state index is 0.0390. The van der Waals surface area contributed by atoms with Crippen molar-refractivity contribution in [3.8, 4) is 5.75 Å². The van der Waals surface area contributed by atoms with Crippen LogP contribution in [0.2, 0.25) is 0 Å². The van der Waals surface area contributed by atoms with Crippen molar-refractivity contribution in [1.29, 1.82) is 0 Å². The fourth-order valence-corrected chi connectivity index (χ4v) is 4.03. The van der Waals surface area contributed by atoms with Gasteiger partial charge in [-0.1, -0.05) is 12.1 Å². The highest BCUT2D eigenvalue weighted by Gasteiger charge is 2.24. The van der Waals surface area contributed by atoms with Gasteiger partial charge in [-0.05, 0) is 67.1 Å². The Labute approximate surface area is 212 Å². The van der Waals surface area contributed by atoms with Gasteiger partial charge in [0.25, 0.3) is 5.91 Å². The third-order valence-corrected chi connectivity index (χ3v) is 5.91. The van der Waals surface area contributed by atoms with Gasteiger partial charge < -0.3 is 31.0 Å². The van der Waals surface area contributed by atoms with E-state index in [-0.39, 0.29) is 11.7 Å². The Morgan fingerprint density at radius 1 is 0.973 bits per heavy atom. The van der Waals surface area contributed by atoms with Crippen molar-refractivity contribution in [3.63, 3.8) is 0 Å². The molecule has 0 radical (unpaired) electrons. The molecule has 0 atom stereocenters. The van der Waals surface area contributed by atoms with Crippen molar-refractivity contribution in [2.45, 2.75) is 6.92 Å². The molecule has 2 heterocycles. The highest BCUT2D eigenvalue weighted by atomic mass is 19.1. The van der Waals surface area contributed by atoms with Gasteiger partial charge in [-0.3, -0.25) is 4.79 Å². The van der Waals surface area contributed by atoms with E-state index in [1.165, 1.54) is 25.3 Å². The van der Waals surface area contributed by atoms with Crippen LogP contribution < -0.4 is 26.0 Å². The monoisotopic (exact) mass is 497 g/mol. The lowest BCUT2D eigenvalue weighted by Crippen LogP contribution is -2.19. The lowest BCUT2D eigenvalue weighted by molar-refractivity contribution is -0.110. The number of anilines is 5. The van der Waals surface area contributed by atoms with Gasteiger partial charge in [0.1, 0.15) is 0 Å². The first-order valence-electron chi connectivity index (χ1n) is 11.5. The van der Waals surface area contributed by atoms with E-state index in [2.05, 4.69) is 26.3 Å². The van der Waals surface area contributed by atoms with Gasteiger partial charge >= 0.3 is 6.03 Å². The van der Waals surface area contributed by atoms with Crippen LogP contribution in [0.4, 0.5) is 37.6 Å². The molecule has 0 bridgehead atoms. The summed E-state index contributed by atoms with van der Waals surface area (Å²) in [5.41, 5.74) is 6.47. The van der Waals surface area contributed by atoms with E-state index in [1.807, 2.05) is 61.7 Å². The topological polar surface area (TPSA) is 107 Å². The van der Waals surface area contributed by atoms with Gasteiger partial charge in [0.05, 0.1) is 18.4 Å². The molecule has 3 aromatic carbocycles. The number of urea groups is 1. The van der Waals surface area contributed by atoms with Crippen molar-refractivity contribution < 1.29 is 18.7 Å². The number of halogens is 1. The van der Waals surface area contributed by atoms with Crippen LogP contribution in [0.25, 0.3) is 11.6 Å². The van der Waals surface area contributed by atoms with Gasteiger partial charge in [0.2, 0.25) is 0 Å². The van der Waals surface area contributed by atoms with E-state index < -0.39 is 11.8 Å². The summed E-state index contributed by atoms with van der Waals surface area (Å²) in [5, 5.41) is 11.7. The van der Waals surface area contributed by atoms with Gasteiger partial charge in [-0.2, -0.15) is 0 Å². The molecule has 0 spiro atoms. The first-order valence-corrected chi connectivity index (χ1v) is 11.5. The number of carbonyl (C=O) groups is 2. The number of hydrogen-bond acceptors (Lipinski definition) is 4. The molecule has 1 aliphatic heterocycles. The van der Waals surface area contributed by atoms with Crippen LogP contribution in [0.5, 0.6) is 5.75 Å². The SMILES string of the molecule is COc1cc(NC(=O)Nc2ccc(C)c(Nc3ccc4c(c3)NC(=O)C4=Cc3ccc[nH]3)c2)ccc1F. The molecule has 0 unspecified atom stereocenters. The summed E-state index contributed by atoms with van der Waals surface area (Å²) in [6, 6.07) is 18.5. The van der Waals surface area contributed by atoms with E-state index in [1.54, 1.807) is 6.07 Å². The van der Waals surface area contributed by atoms with E-state index in [4.69, 9.17) is 4.74 Å². The summed E-state index contributed by atoms with van der Waals surface area (Å²) in [6.45, 7) is 1.95. The second-order valence-corrected chi connectivity index (χ2v) is 8.48. The van der Waals surface area contributed by atoms with Crippen molar-refractivity contribution in [1.82, 2.24) is 4.98 Å². The van der Waals surface area contributed by atoms with Gasteiger partial charge in [0.15, 0.2) is 11.6 Å². The number of H-pyrrole nitrogens is 1. The predicted molar refractivity (Wildman–Crippen MR) is 144 cm³/mol. The van der Waals surface area contributed by atoms with Crippen molar-refractivity contribution >= 4 is 52.0 Å². The molecule has 9 heteroatoms. The molecule has 8 nitrogen and oxygen atoms in total. The molecular formula is C28H24FN5O3. The zero-order valence-electron chi connectivity index (χ0n) is 20.1. The van der Waals surface area contributed by atoms with Crippen LogP contribution in [0.3, 0.4) is 0 Å². The first-order chi connectivity index (χ1) is 17.9. The van der Waals surface area contributed by atoms with E-state index >= 15 is 0 Å². The molecule has 5 rings (SSSR count). The molecule has 0 aliphatic carbocycles. The Balaban J connectivity index is 1.30. The average Bonchev–Trinajstić information content (AvgIpc) is 3.50. The number of rotatable bonds is 6. The lowest BCUT2D eigenvalue weighted by Gasteiger charge is -2.14. The Kier molecular flexibility index (Phi) is 6.34. The Hall–Kier alpha value is -5.05. The standard InChI is InChI=1S/C28H24FN5O3/c1-16-5-6-19(32-28(36)33-20-8-10-23(29)26(15-20)37-2)13-24(16)31-18-7-9-21-22(12-17-4-3-11-30-17)27(35)34-25(21)14-18/h3-15,30-31H,1-2H3,(H,34,35)(H2,32,33,36). The molecule has 5 N–H and O–H groups in total. The van der Waals surface area contributed by atoms with Gasteiger partial charge in [-0.15, -0.1) is 0 Å². The maximum atomic E-state index is 13.6. The molecule has 37 heavy (non-hydrogen) atoms. The molecule has 4 aromatic rings. The number of aryl methyl sites for hydroxylation is 1. The van der Waals surface area contributed by atoms with Gasteiger partial charge in [-0.25, -0.2) is 9.18 Å². The summed E-state index contributed by atoms with van der Waals surface area (Å²) in [6.07, 6.45) is 3.63. The lowest BCUT2D eigenvalue weighted by atomic mass is 10.1. The summed E-state index contributed by atoms with van der Waals surface area (Å²) >= 11 is 0. The normalized spacial score (nSPS) is 13.2. The summed E-state index contributed by atoms with van der Waals surface area (Å²) < 4.78 is 18.6. The second-order valence-electron chi connectivity index (χ2n) is 8.48. The number of hydrogen-bond donors (Lipinski definition) is 5. The van der Waals surface area contributed by atoms with E-state index in [9.17, 15) is 14.0 Å². The van der Waals surface area contributed by atoms with E-state index in [0.717, 1.165) is 28.2 Å². The third kappa shape index (κ3) is 5.15. The van der Waals surface area contributed by atoms with Crippen LogP contribution in [-0.2, 0) is 4.79 Å². The zero-order chi connectivity index (χ0) is 25.9. The number of methoxy groups -OCH3 is 1. The molecule has 1 aliphatic rings. The van der Waals surface area contributed by atoms with Crippen molar-refractivity contribution in [3.05, 3.63) is 95.6 Å². The highest BCUT2D eigenvalue weighted by Crippen LogP contribution is 2.36. The van der Waals surface area contributed by atoms with Gasteiger partial charge in [0, 0.05) is 46.3 Å². The zero-order valence-corrected chi connectivity index (χ0v) is 20.1. The fourth-order valence-electron chi connectivity index (χ4n) is 4.03. The highest BCUT2D eigenvalue weighted by molar-refractivity contribution is 6.35. The van der Waals surface area contributed by atoms with Crippen LogP contribution in [0, 0.1) is 12.7 Å². The van der Waals surface area contributed by atoms with E-state index in [0.29, 0.717) is 22.6 Å². The van der Waals surface area contributed by atoms with Crippen molar-refractivity contribution in [2.24, 2.45) is 0 Å². The summed E-state index contributed by atoms with van der Waals surface area (Å²) in [4.78, 5) is 28.1. The van der Waals surface area contributed by atoms with Crippen LogP contribution in [0.15, 0.2) is 72.9 Å². The largest absolute Gasteiger partial charge is 0.494 e. The Bertz CT molecular complexity index is 1530.